The Hall–Kier alpha value is -4.31. The van der Waals surface area contributed by atoms with Crippen molar-refractivity contribution in [1.82, 2.24) is 10.6 Å². The second-order valence-corrected chi connectivity index (χ2v) is 7.15. The highest BCUT2D eigenvalue weighted by Gasteiger charge is 2.15. The normalized spacial score (nSPS) is 11.0. The Kier molecular flexibility index (Phi) is 7.82. The Morgan fingerprint density at radius 3 is 2.41 bits per heavy atom. The van der Waals surface area contributed by atoms with Crippen LogP contribution in [0.4, 0.5) is 10.5 Å². The molecule has 0 saturated carbocycles. The van der Waals surface area contributed by atoms with Gasteiger partial charge in [-0.25, -0.2) is 4.79 Å². The standard InChI is InChI=1S/C25H24N4O3/c1-18(24(30)29-25(31)27-16-19-6-3-2-4-7-19)28-22-10-12-23(13-11-22)32-17-21-9-5-8-20(14-21)15-26/h2-14,18,28H,16-17H2,1H3,(H2,27,29,30,31). The molecular formula is C25H24N4O3. The molecule has 1 atom stereocenters. The fraction of sp³-hybridized carbons (Fsp3) is 0.160. The van der Waals surface area contributed by atoms with Crippen LogP contribution in [0.25, 0.3) is 0 Å². The van der Waals surface area contributed by atoms with Crippen LogP contribution in [0.1, 0.15) is 23.6 Å². The van der Waals surface area contributed by atoms with Gasteiger partial charge in [-0.2, -0.15) is 5.26 Å². The summed E-state index contributed by atoms with van der Waals surface area (Å²) in [4.78, 5) is 24.2. The molecule has 3 rings (SSSR count). The van der Waals surface area contributed by atoms with Crippen molar-refractivity contribution < 1.29 is 14.3 Å². The molecule has 0 radical (unpaired) electrons. The fourth-order valence-corrected chi connectivity index (χ4v) is 2.90. The number of carbonyl (C=O) groups excluding carboxylic acids is 2. The number of rotatable bonds is 8. The van der Waals surface area contributed by atoms with Crippen molar-refractivity contribution in [1.29, 1.82) is 5.26 Å². The number of nitriles is 1. The number of nitrogens with one attached hydrogen (secondary N) is 3. The molecule has 7 heteroatoms. The summed E-state index contributed by atoms with van der Waals surface area (Å²) in [5, 5.41) is 17.0. The molecule has 0 heterocycles. The molecule has 0 bridgehead atoms. The molecule has 1 unspecified atom stereocenters. The summed E-state index contributed by atoms with van der Waals surface area (Å²) in [5.74, 6) is 0.226. The molecule has 3 aromatic carbocycles. The van der Waals surface area contributed by atoms with Crippen LogP contribution >= 0.6 is 0 Å². The van der Waals surface area contributed by atoms with Crippen LogP contribution in [0, 0.1) is 11.3 Å². The summed E-state index contributed by atoms with van der Waals surface area (Å²) in [5.41, 5.74) is 3.16. The lowest BCUT2D eigenvalue weighted by Gasteiger charge is -2.15. The van der Waals surface area contributed by atoms with E-state index >= 15 is 0 Å². The predicted octanol–water partition coefficient (Wildman–Crippen LogP) is 3.96. The number of hydrogen-bond acceptors (Lipinski definition) is 5. The highest BCUT2D eigenvalue weighted by atomic mass is 16.5. The molecule has 0 aromatic heterocycles. The van der Waals surface area contributed by atoms with Crippen molar-refractivity contribution in [2.45, 2.75) is 26.1 Å². The first-order valence-corrected chi connectivity index (χ1v) is 10.1. The summed E-state index contributed by atoms with van der Waals surface area (Å²) in [6, 6.07) is 24.8. The number of nitrogens with zero attached hydrogens (tertiary/aromatic N) is 1. The maximum atomic E-state index is 12.3. The van der Waals surface area contributed by atoms with Gasteiger partial charge in [0.05, 0.1) is 11.6 Å². The number of carbonyl (C=O) groups is 2. The third-order valence-corrected chi connectivity index (χ3v) is 4.62. The van der Waals surface area contributed by atoms with Gasteiger partial charge in [0, 0.05) is 12.2 Å². The van der Waals surface area contributed by atoms with E-state index in [9.17, 15) is 9.59 Å². The van der Waals surface area contributed by atoms with E-state index in [0.717, 1.165) is 16.8 Å². The van der Waals surface area contributed by atoms with E-state index in [4.69, 9.17) is 10.00 Å². The van der Waals surface area contributed by atoms with Crippen molar-refractivity contribution in [2.75, 3.05) is 5.32 Å². The third-order valence-electron chi connectivity index (χ3n) is 4.62. The Bertz CT molecular complexity index is 1090. The number of benzene rings is 3. The molecular weight excluding hydrogens is 404 g/mol. The highest BCUT2D eigenvalue weighted by Crippen LogP contribution is 2.18. The molecule has 7 nitrogen and oxygen atoms in total. The minimum absolute atomic E-state index is 0.337. The van der Waals surface area contributed by atoms with Gasteiger partial charge in [-0.1, -0.05) is 42.5 Å². The Balaban J connectivity index is 1.44. The minimum Gasteiger partial charge on any atom is -0.489 e. The molecule has 3 amide bonds. The summed E-state index contributed by atoms with van der Waals surface area (Å²) in [6.45, 7) is 2.36. The number of amides is 3. The van der Waals surface area contributed by atoms with E-state index in [1.165, 1.54) is 0 Å². The average molecular weight is 428 g/mol. The lowest BCUT2D eigenvalue weighted by molar-refractivity contribution is -0.120. The van der Waals surface area contributed by atoms with Crippen molar-refractivity contribution in [3.8, 4) is 11.8 Å². The van der Waals surface area contributed by atoms with Gasteiger partial charge >= 0.3 is 6.03 Å². The Morgan fingerprint density at radius 1 is 0.969 bits per heavy atom. The average Bonchev–Trinajstić information content (AvgIpc) is 2.83. The molecule has 32 heavy (non-hydrogen) atoms. The van der Waals surface area contributed by atoms with Gasteiger partial charge in [0.1, 0.15) is 18.4 Å². The topological polar surface area (TPSA) is 103 Å². The zero-order valence-electron chi connectivity index (χ0n) is 17.7. The maximum Gasteiger partial charge on any atom is 0.321 e. The summed E-state index contributed by atoms with van der Waals surface area (Å²) < 4.78 is 5.75. The lowest BCUT2D eigenvalue weighted by atomic mass is 10.1. The number of hydrogen-bond donors (Lipinski definition) is 3. The first kappa shape index (κ1) is 22.4. The van der Waals surface area contributed by atoms with Crippen molar-refractivity contribution in [3.63, 3.8) is 0 Å². The van der Waals surface area contributed by atoms with Crippen LogP contribution in [-0.2, 0) is 17.9 Å². The molecule has 3 N–H and O–H groups in total. The summed E-state index contributed by atoms with van der Waals surface area (Å²) in [7, 11) is 0. The van der Waals surface area contributed by atoms with Gasteiger partial charge in [-0.05, 0) is 54.4 Å². The van der Waals surface area contributed by atoms with Gasteiger partial charge in [-0.15, -0.1) is 0 Å². The van der Waals surface area contributed by atoms with Crippen LogP contribution < -0.4 is 20.7 Å². The summed E-state index contributed by atoms with van der Waals surface area (Å²) >= 11 is 0. The monoisotopic (exact) mass is 428 g/mol. The van der Waals surface area contributed by atoms with E-state index in [-0.39, 0.29) is 0 Å². The smallest absolute Gasteiger partial charge is 0.321 e. The van der Waals surface area contributed by atoms with Crippen molar-refractivity contribution in [3.05, 3.63) is 95.6 Å². The first-order valence-electron chi connectivity index (χ1n) is 10.1. The molecule has 0 saturated heterocycles. The molecule has 0 spiro atoms. The van der Waals surface area contributed by atoms with Crippen LogP contribution in [0.15, 0.2) is 78.9 Å². The van der Waals surface area contributed by atoms with E-state index < -0.39 is 18.0 Å². The van der Waals surface area contributed by atoms with E-state index in [1.54, 1.807) is 43.3 Å². The molecule has 162 valence electrons. The minimum atomic E-state index is -0.613. The zero-order valence-corrected chi connectivity index (χ0v) is 17.7. The lowest BCUT2D eigenvalue weighted by Crippen LogP contribution is -2.45. The van der Waals surface area contributed by atoms with Crippen LogP contribution in [0.3, 0.4) is 0 Å². The molecule has 0 aliphatic carbocycles. The van der Waals surface area contributed by atoms with Crippen LogP contribution in [0.2, 0.25) is 0 Å². The Labute approximate surface area is 187 Å². The van der Waals surface area contributed by atoms with E-state index in [2.05, 4.69) is 22.0 Å². The molecule has 3 aromatic rings. The third kappa shape index (κ3) is 6.89. The first-order chi connectivity index (χ1) is 15.5. The molecule has 0 fully saturated rings. The summed E-state index contributed by atoms with van der Waals surface area (Å²) in [6.07, 6.45) is 0. The number of imide groups is 1. The predicted molar refractivity (Wildman–Crippen MR) is 122 cm³/mol. The van der Waals surface area contributed by atoms with Gasteiger partial charge in [-0.3, -0.25) is 10.1 Å². The second kappa shape index (κ2) is 11.2. The quantitative estimate of drug-likeness (QED) is 0.504. The molecule has 0 aliphatic rings. The van der Waals surface area contributed by atoms with Crippen molar-refractivity contribution in [2.24, 2.45) is 0 Å². The van der Waals surface area contributed by atoms with E-state index in [1.807, 2.05) is 42.5 Å². The van der Waals surface area contributed by atoms with E-state index in [0.29, 0.717) is 24.5 Å². The van der Waals surface area contributed by atoms with Gasteiger partial charge in [0.25, 0.3) is 0 Å². The number of urea groups is 1. The Morgan fingerprint density at radius 2 is 1.69 bits per heavy atom. The molecule has 0 aliphatic heterocycles. The highest BCUT2D eigenvalue weighted by molar-refractivity contribution is 5.97. The fourth-order valence-electron chi connectivity index (χ4n) is 2.90. The maximum absolute atomic E-state index is 12.3. The zero-order chi connectivity index (χ0) is 22.8. The number of anilines is 1. The van der Waals surface area contributed by atoms with Gasteiger partial charge < -0.3 is 15.4 Å². The number of ether oxygens (including phenoxy) is 1. The van der Waals surface area contributed by atoms with Crippen LogP contribution in [0.5, 0.6) is 5.75 Å². The van der Waals surface area contributed by atoms with Gasteiger partial charge in [0.15, 0.2) is 0 Å². The largest absolute Gasteiger partial charge is 0.489 e. The van der Waals surface area contributed by atoms with Gasteiger partial charge in [0.2, 0.25) is 5.91 Å². The SMILES string of the molecule is CC(Nc1ccc(OCc2cccc(C#N)c2)cc1)C(=O)NC(=O)NCc1ccccc1. The van der Waals surface area contributed by atoms with Crippen LogP contribution in [-0.4, -0.2) is 18.0 Å². The second-order valence-electron chi connectivity index (χ2n) is 7.15. The van der Waals surface area contributed by atoms with Crippen molar-refractivity contribution >= 4 is 17.6 Å².